The van der Waals surface area contributed by atoms with Crippen molar-refractivity contribution >= 4 is 5.97 Å². The number of hydrogen-bond acceptors (Lipinski definition) is 8. The Morgan fingerprint density at radius 1 is 1.18 bits per heavy atom. The van der Waals surface area contributed by atoms with Gasteiger partial charge in [-0.25, -0.2) is 4.79 Å². The number of unbranched alkanes of at least 4 members (excludes halogenated alkanes) is 2. The van der Waals surface area contributed by atoms with Crippen LogP contribution in [0.1, 0.15) is 26.2 Å². The number of esters is 1. The van der Waals surface area contributed by atoms with Crippen LogP contribution in [0.2, 0.25) is 0 Å². The first-order chi connectivity index (χ1) is 10.5. The molecule has 0 spiro atoms. The number of carbonyl (C=O) groups is 1. The summed E-state index contributed by atoms with van der Waals surface area (Å²) < 4.78 is 15.6. The second kappa shape index (κ2) is 9.62. The summed E-state index contributed by atoms with van der Waals surface area (Å²) in [5.74, 6) is -1.03. The van der Waals surface area contributed by atoms with E-state index in [1.54, 1.807) is 0 Å². The Balaban J connectivity index is 2.79. The lowest BCUT2D eigenvalue weighted by atomic mass is 10.2. The Bertz CT molecular complexity index is 381. The molecule has 3 atom stereocenters. The zero-order chi connectivity index (χ0) is 16.5. The van der Waals surface area contributed by atoms with Crippen LogP contribution in [0.5, 0.6) is 0 Å². The molecule has 1 unspecified atom stereocenters. The molecule has 0 bridgehead atoms. The van der Waals surface area contributed by atoms with Gasteiger partial charge >= 0.3 is 5.97 Å². The van der Waals surface area contributed by atoms with Crippen molar-refractivity contribution in [3.05, 3.63) is 11.5 Å². The van der Waals surface area contributed by atoms with Crippen LogP contribution in [0.25, 0.3) is 0 Å². The van der Waals surface area contributed by atoms with E-state index in [1.807, 2.05) is 6.92 Å². The summed E-state index contributed by atoms with van der Waals surface area (Å²) in [4.78, 5) is 11.8. The summed E-state index contributed by atoms with van der Waals surface area (Å²) in [6.07, 6.45) is -1.02. The number of rotatable bonds is 11. The van der Waals surface area contributed by atoms with Gasteiger partial charge in [-0.1, -0.05) is 19.8 Å². The number of aliphatic hydroxyl groups excluding tert-OH is 4. The van der Waals surface area contributed by atoms with Crippen molar-refractivity contribution in [1.29, 1.82) is 0 Å². The van der Waals surface area contributed by atoms with E-state index in [9.17, 15) is 15.0 Å². The maximum Gasteiger partial charge on any atom is 0.378 e. The molecule has 0 saturated carbocycles. The van der Waals surface area contributed by atoms with E-state index in [4.69, 9.17) is 24.4 Å². The lowest BCUT2D eigenvalue weighted by Crippen LogP contribution is -2.33. The number of carbonyl (C=O) groups excluding carboxylic acids is 1. The summed E-state index contributed by atoms with van der Waals surface area (Å²) in [5.41, 5.74) is 0. The Morgan fingerprint density at radius 2 is 1.91 bits per heavy atom. The van der Waals surface area contributed by atoms with Crippen molar-refractivity contribution in [3.63, 3.8) is 0 Å². The topological polar surface area (TPSA) is 126 Å². The summed E-state index contributed by atoms with van der Waals surface area (Å²) in [7, 11) is 0. The number of ether oxygens (including phenoxy) is 3. The predicted octanol–water partition coefficient (Wildman–Crippen LogP) is -0.947. The molecular weight excluding hydrogens is 296 g/mol. The molecule has 4 N–H and O–H groups in total. The van der Waals surface area contributed by atoms with Gasteiger partial charge in [-0.05, 0) is 6.42 Å². The molecule has 1 aliphatic heterocycles. The van der Waals surface area contributed by atoms with Crippen molar-refractivity contribution in [3.8, 4) is 0 Å². The Morgan fingerprint density at radius 3 is 2.50 bits per heavy atom. The largest absolute Gasteiger partial charge is 0.487 e. The lowest BCUT2D eigenvalue weighted by Gasteiger charge is -2.19. The van der Waals surface area contributed by atoms with Gasteiger partial charge in [0.2, 0.25) is 5.76 Å². The van der Waals surface area contributed by atoms with Gasteiger partial charge in [0.05, 0.1) is 19.8 Å². The maximum atomic E-state index is 11.8. The Hall–Kier alpha value is -1.35. The molecule has 0 aromatic heterocycles. The van der Waals surface area contributed by atoms with Crippen LogP contribution in [0.3, 0.4) is 0 Å². The molecule has 0 aromatic carbocycles. The second-order valence-corrected chi connectivity index (χ2v) is 4.97. The van der Waals surface area contributed by atoms with Crippen molar-refractivity contribution in [2.75, 3.05) is 26.4 Å². The molecule has 8 nitrogen and oxygen atoms in total. The molecule has 0 aliphatic carbocycles. The molecule has 1 aliphatic rings. The van der Waals surface area contributed by atoms with Crippen LogP contribution < -0.4 is 0 Å². The number of aliphatic hydroxyl groups is 4. The monoisotopic (exact) mass is 320 g/mol. The summed E-state index contributed by atoms with van der Waals surface area (Å²) >= 11 is 0. The first-order valence-corrected chi connectivity index (χ1v) is 7.33. The highest BCUT2D eigenvalue weighted by Gasteiger charge is 2.42. The molecule has 128 valence electrons. The van der Waals surface area contributed by atoms with Gasteiger partial charge in [0.1, 0.15) is 18.8 Å². The zero-order valence-corrected chi connectivity index (χ0v) is 12.6. The average molecular weight is 320 g/mol. The minimum Gasteiger partial charge on any atom is -0.487 e. The third-order valence-electron chi connectivity index (χ3n) is 3.07. The predicted molar refractivity (Wildman–Crippen MR) is 74.5 cm³/mol. The summed E-state index contributed by atoms with van der Waals surface area (Å²) in [6.45, 7) is 0.884. The fourth-order valence-electron chi connectivity index (χ4n) is 1.84. The van der Waals surface area contributed by atoms with Gasteiger partial charge in [0, 0.05) is 0 Å². The first kappa shape index (κ1) is 18.7. The van der Waals surface area contributed by atoms with Gasteiger partial charge < -0.3 is 34.6 Å². The third-order valence-corrected chi connectivity index (χ3v) is 3.07. The van der Waals surface area contributed by atoms with E-state index in [2.05, 4.69) is 0 Å². The molecule has 1 heterocycles. The van der Waals surface area contributed by atoms with Crippen molar-refractivity contribution < 1.29 is 39.4 Å². The lowest BCUT2D eigenvalue weighted by molar-refractivity contribution is -0.148. The molecule has 1 rings (SSSR count). The van der Waals surface area contributed by atoms with Crippen molar-refractivity contribution in [1.82, 2.24) is 0 Å². The second-order valence-electron chi connectivity index (χ2n) is 4.97. The highest BCUT2D eigenvalue weighted by molar-refractivity contribution is 5.89. The van der Waals surface area contributed by atoms with E-state index in [0.29, 0.717) is 0 Å². The smallest absolute Gasteiger partial charge is 0.378 e. The van der Waals surface area contributed by atoms with Crippen LogP contribution in [-0.4, -0.2) is 71.1 Å². The first-order valence-electron chi connectivity index (χ1n) is 7.33. The molecule has 8 heteroatoms. The molecule has 22 heavy (non-hydrogen) atoms. The minimum absolute atomic E-state index is 0.0736. The fraction of sp³-hybridized carbons (Fsp3) is 0.786. The molecular formula is C14H24O8. The summed E-state index contributed by atoms with van der Waals surface area (Å²) in [6, 6.07) is 0. The molecule has 0 amide bonds. The normalized spacial score (nSPS) is 20.8. The Labute approximate surface area is 128 Å². The van der Waals surface area contributed by atoms with Gasteiger partial charge in [-0.3, -0.25) is 0 Å². The molecule has 0 saturated heterocycles. The van der Waals surface area contributed by atoms with Crippen LogP contribution in [0.15, 0.2) is 11.5 Å². The average Bonchev–Trinajstić information content (AvgIpc) is 2.84. The zero-order valence-electron chi connectivity index (χ0n) is 12.6. The number of hydrogen-bond donors (Lipinski definition) is 4. The van der Waals surface area contributed by atoms with Crippen LogP contribution in [0, 0.1) is 0 Å². The SMILES string of the molecule is CCCCCOC1=C(OCC(O)CO)[C@@H]([C@@H](O)CO)OC1=O. The van der Waals surface area contributed by atoms with E-state index < -0.39 is 37.5 Å². The highest BCUT2D eigenvalue weighted by atomic mass is 16.6. The van der Waals surface area contributed by atoms with Crippen molar-refractivity contribution in [2.45, 2.75) is 44.5 Å². The standard InChI is InChI=1S/C14H24O8/c1-2-3-4-5-20-13-12(21-8-9(17)6-15)11(10(18)7-16)22-14(13)19/h9-11,15-18H,2-8H2,1H3/t9?,10-,11+/m0/s1. The molecule has 0 radical (unpaired) electrons. The summed E-state index contributed by atoms with van der Waals surface area (Å²) in [5, 5.41) is 36.8. The van der Waals surface area contributed by atoms with E-state index in [1.165, 1.54) is 0 Å². The minimum atomic E-state index is -1.36. The quantitative estimate of drug-likeness (QED) is 0.284. The van der Waals surface area contributed by atoms with Gasteiger partial charge in [-0.2, -0.15) is 0 Å². The van der Waals surface area contributed by atoms with Gasteiger partial charge in [-0.15, -0.1) is 0 Å². The van der Waals surface area contributed by atoms with E-state index in [-0.39, 0.29) is 24.7 Å². The number of cyclic esters (lactones) is 1. The van der Waals surface area contributed by atoms with Gasteiger partial charge in [0.25, 0.3) is 0 Å². The van der Waals surface area contributed by atoms with E-state index in [0.717, 1.165) is 19.3 Å². The third kappa shape index (κ3) is 5.13. The van der Waals surface area contributed by atoms with Crippen LogP contribution in [-0.2, 0) is 19.0 Å². The molecule has 0 aromatic rings. The van der Waals surface area contributed by atoms with Gasteiger partial charge in [0.15, 0.2) is 11.9 Å². The fourth-order valence-corrected chi connectivity index (χ4v) is 1.84. The van der Waals surface area contributed by atoms with Crippen LogP contribution >= 0.6 is 0 Å². The highest BCUT2D eigenvalue weighted by Crippen LogP contribution is 2.27. The van der Waals surface area contributed by atoms with E-state index >= 15 is 0 Å². The Kier molecular flexibility index (Phi) is 8.18. The maximum absolute atomic E-state index is 11.8. The van der Waals surface area contributed by atoms with Crippen LogP contribution in [0.4, 0.5) is 0 Å². The molecule has 0 fully saturated rings. The van der Waals surface area contributed by atoms with Crippen molar-refractivity contribution in [2.24, 2.45) is 0 Å².